The lowest BCUT2D eigenvalue weighted by Crippen LogP contribution is -1.95. The SMILES string of the molecule is c1ncc(-n2cnc3cncnc32)cn1. The summed E-state index contributed by atoms with van der Waals surface area (Å²) in [5.41, 5.74) is 2.33. The summed E-state index contributed by atoms with van der Waals surface area (Å²) in [6, 6.07) is 0. The maximum absolute atomic E-state index is 4.18. The monoisotopic (exact) mass is 198 g/mol. The summed E-state index contributed by atoms with van der Waals surface area (Å²) >= 11 is 0. The Morgan fingerprint density at radius 1 is 0.867 bits per heavy atom. The molecule has 0 saturated carbocycles. The van der Waals surface area contributed by atoms with Crippen LogP contribution in [0.4, 0.5) is 0 Å². The highest BCUT2D eigenvalue weighted by atomic mass is 15.1. The highest BCUT2D eigenvalue weighted by molar-refractivity contribution is 5.71. The van der Waals surface area contributed by atoms with Crippen LogP contribution >= 0.6 is 0 Å². The molecule has 0 aliphatic rings. The molecule has 0 radical (unpaired) electrons. The van der Waals surface area contributed by atoms with E-state index in [1.807, 2.05) is 4.57 Å². The highest BCUT2D eigenvalue weighted by Crippen LogP contribution is 2.12. The summed E-state index contributed by atoms with van der Waals surface area (Å²) in [7, 11) is 0. The van der Waals surface area contributed by atoms with Gasteiger partial charge in [-0.15, -0.1) is 0 Å². The van der Waals surface area contributed by atoms with E-state index < -0.39 is 0 Å². The molecule has 3 aromatic heterocycles. The molecule has 3 rings (SSSR count). The summed E-state index contributed by atoms with van der Waals surface area (Å²) in [4.78, 5) is 20.1. The van der Waals surface area contributed by atoms with Crippen molar-refractivity contribution in [1.29, 1.82) is 0 Å². The number of nitrogens with zero attached hydrogens (tertiary/aromatic N) is 6. The van der Waals surface area contributed by atoms with Crippen LogP contribution in [0.3, 0.4) is 0 Å². The molecular weight excluding hydrogens is 192 g/mol. The molecule has 0 atom stereocenters. The Labute approximate surface area is 84.7 Å². The van der Waals surface area contributed by atoms with E-state index in [1.54, 1.807) is 24.9 Å². The fourth-order valence-corrected chi connectivity index (χ4v) is 1.37. The Bertz CT molecular complexity index is 588. The van der Waals surface area contributed by atoms with Crippen molar-refractivity contribution in [2.75, 3.05) is 0 Å². The van der Waals surface area contributed by atoms with E-state index in [-0.39, 0.29) is 0 Å². The van der Waals surface area contributed by atoms with Crippen molar-refractivity contribution in [3.05, 3.63) is 37.6 Å². The van der Waals surface area contributed by atoms with Gasteiger partial charge in [0.15, 0.2) is 5.65 Å². The van der Waals surface area contributed by atoms with E-state index in [1.165, 1.54) is 12.7 Å². The standard InChI is InChI=1S/C9H6N6/c1-7(2-11-4-10-1)15-6-14-8-3-12-5-13-9(8)15/h1-6H. The number of fused-ring (bicyclic) bond motifs is 1. The van der Waals surface area contributed by atoms with E-state index in [4.69, 9.17) is 0 Å². The molecular formula is C9H6N6. The van der Waals surface area contributed by atoms with E-state index in [9.17, 15) is 0 Å². The number of aromatic nitrogens is 6. The largest absolute Gasteiger partial charge is 0.280 e. The zero-order valence-corrected chi connectivity index (χ0v) is 7.65. The first-order valence-corrected chi connectivity index (χ1v) is 4.33. The topological polar surface area (TPSA) is 69.4 Å². The van der Waals surface area contributed by atoms with Crippen LogP contribution in [0.1, 0.15) is 0 Å². The van der Waals surface area contributed by atoms with Crippen LogP contribution in [0.5, 0.6) is 0 Å². The number of rotatable bonds is 1. The lowest BCUT2D eigenvalue weighted by Gasteiger charge is -2.00. The molecule has 15 heavy (non-hydrogen) atoms. The van der Waals surface area contributed by atoms with Crippen molar-refractivity contribution in [1.82, 2.24) is 29.5 Å². The molecule has 3 heterocycles. The predicted molar refractivity (Wildman–Crippen MR) is 52.3 cm³/mol. The van der Waals surface area contributed by atoms with E-state index in [0.717, 1.165) is 16.9 Å². The Morgan fingerprint density at radius 2 is 1.67 bits per heavy atom. The van der Waals surface area contributed by atoms with Crippen LogP contribution in [-0.2, 0) is 0 Å². The second-order valence-corrected chi connectivity index (χ2v) is 2.94. The van der Waals surface area contributed by atoms with Gasteiger partial charge in [-0.05, 0) is 0 Å². The molecule has 3 aromatic rings. The van der Waals surface area contributed by atoms with Crippen LogP contribution in [0.15, 0.2) is 37.6 Å². The normalized spacial score (nSPS) is 10.7. The Balaban J connectivity index is 2.28. The van der Waals surface area contributed by atoms with Gasteiger partial charge in [-0.3, -0.25) is 4.57 Å². The van der Waals surface area contributed by atoms with Gasteiger partial charge < -0.3 is 0 Å². The lowest BCUT2D eigenvalue weighted by atomic mass is 10.5. The minimum absolute atomic E-state index is 0.750. The summed E-state index contributed by atoms with van der Waals surface area (Å²) in [5.74, 6) is 0. The molecule has 6 heteroatoms. The van der Waals surface area contributed by atoms with Crippen molar-refractivity contribution >= 4 is 11.2 Å². The first-order valence-electron chi connectivity index (χ1n) is 4.33. The van der Waals surface area contributed by atoms with Crippen molar-refractivity contribution in [3.63, 3.8) is 0 Å². The van der Waals surface area contributed by atoms with E-state index in [2.05, 4.69) is 24.9 Å². The second kappa shape index (κ2) is 3.09. The van der Waals surface area contributed by atoms with Gasteiger partial charge in [0, 0.05) is 0 Å². The van der Waals surface area contributed by atoms with Crippen LogP contribution < -0.4 is 0 Å². The minimum atomic E-state index is 0.750. The van der Waals surface area contributed by atoms with Crippen molar-refractivity contribution in [3.8, 4) is 5.69 Å². The Kier molecular flexibility index (Phi) is 1.64. The third-order valence-corrected chi connectivity index (χ3v) is 2.04. The molecule has 0 saturated heterocycles. The maximum Gasteiger partial charge on any atom is 0.167 e. The molecule has 0 spiro atoms. The maximum atomic E-state index is 4.18. The first-order chi connectivity index (χ1) is 7.45. The molecule has 0 N–H and O–H groups in total. The third-order valence-electron chi connectivity index (χ3n) is 2.04. The molecule has 0 unspecified atom stereocenters. The zero-order valence-electron chi connectivity index (χ0n) is 7.65. The van der Waals surface area contributed by atoms with Crippen LogP contribution in [0.2, 0.25) is 0 Å². The third kappa shape index (κ3) is 1.23. The minimum Gasteiger partial charge on any atom is -0.280 e. The van der Waals surface area contributed by atoms with Crippen LogP contribution in [0, 0.1) is 0 Å². The quantitative estimate of drug-likeness (QED) is 0.572. The highest BCUT2D eigenvalue weighted by Gasteiger charge is 2.04. The van der Waals surface area contributed by atoms with Gasteiger partial charge in [0.1, 0.15) is 24.5 Å². The van der Waals surface area contributed by atoms with Crippen molar-refractivity contribution in [2.24, 2.45) is 0 Å². The molecule has 0 fully saturated rings. The van der Waals surface area contributed by atoms with Crippen LogP contribution in [-0.4, -0.2) is 29.5 Å². The smallest absolute Gasteiger partial charge is 0.167 e. The molecule has 6 nitrogen and oxygen atoms in total. The Hall–Kier alpha value is -2.37. The van der Waals surface area contributed by atoms with Gasteiger partial charge in [0.05, 0.1) is 24.3 Å². The molecule has 72 valence electrons. The van der Waals surface area contributed by atoms with Gasteiger partial charge in [-0.1, -0.05) is 0 Å². The van der Waals surface area contributed by atoms with E-state index in [0.29, 0.717) is 0 Å². The van der Waals surface area contributed by atoms with Gasteiger partial charge >= 0.3 is 0 Å². The van der Waals surface area contributed by atoms with Crippen molar-refractivity contribution in [2.45, 2.75) is 0 Å². The summed E-state index contributed by atoms with van der Waals surface area (Å²) in [6.45, 7) is 0. The van der Waals surface area contributed by atoms with Crippen LogP contribution in [0.25, 0.3) is 16.9 Å². The van der Waals surface area contributed by atoms with Gasteiger partial charge in [-0.2, -0.15) is 0 Å². The second-order valence-electron chi connectivity index (χ2n) is 2.94. The summed E-state index contributed by atoms with van der Waals surface area (Å²) in [6.07, 6.45) is 9.73. The number of imidazole rings is 1. The first kappa shape index (κ1) is 7.98. The van der Waals surface area contributed by atoms with E-state index >= 15 is 0 Å². The van der Waals surface area contributed by atoms with Gasteiger partial charge in [0.25, 0.3) is 0 Å². The fourth-order valence-electron chi connectivity index (χ4n) is 1.37. The summed E-state index contributed by atoms with van der Waals surface area (Å²) < 4.78 is 1.82. The molecule has 0 aliphatic heterocycles. The average molecular weight is 198 g/mol. The fraction of sp³-hybridized carbons (Fsp3) is 0. The Morgan fingerprint density at radius 3 is 2.53 bits per heavy atom. The molecule has 0 aliphatic carbocycles. The van der Waals surface area contributed by atoms with Gasteiger partial charge in [0.2, 0.25) is 0 Å². The molecule has 0 aromatic carbocycles. The molecule has 0 bridgehead atoms. The number of hydrogen-bond donors (Lipinski definition) is 0. The molecule has 0 amide bonds. The predicted octanol–water partition coefficient (Wildman–Crippen LogP) is 0.605. The zero-order chi connectivity index (χ0) is 10.1. The van der Waals surface area contributed by atoms with Crippen molar-refractivity contribution < 1.29 is 0 Å². The number of hydrogen-bond acceptors (Lipinski definition) is 5. The van der Waals surface area contributed by atoms with Gasteiger partial charge in [-0.25, -0.2) is 24.9 Å². The summed E-state index contributed by atoms with van der Waals surface area (Å²) in [5, 5.41) is 0. The average Bonchev–Trinajstić information content (AvgIpc) is 2.74. The lowest BCUT2D eigenvalue weighted by molar-refractivity contribution is 1.01.